The molecular formula is C18H13F3N2O3. The first-order valence-electron chi connectivity index (χ1n) is 7.49. The van der Waals surface area contributed by atoms with Crippen molar-refractivity contribution >= 4 is 12.1 Å². The van der Waals surface area contributed by atoms with E-state index in [2.05, 4.69) is 10.5 Å². The molecule has 0 bridgehead atoms. The molecule has 0 atom stereocenters. The highest BCUT2D eigenvalue weighted by atomic mass is 19.4. The van der Waals surface area contributed by atoms with E-state index in [0.717, 1.165) is 12.1 Å². The van der Waals surface area contributed by atoms with Crippen LogP contribution in [-0.2, 0) is 6.18 Å². The van der Waals surface area contributed by atoms with Crippen LogP contribution in [0.5, 0.6) is 0 Å². The van der Waals surface area contributed by atoms with Gasteiger partial charge in [0.2, 0.25) is 0 Å². The van der Waals surface area contributed by atoms with Gasteiger partial charge in [-0.15, -0.1) is 0 Å². The lowest BCUT2D eigenvalue weighted by Gasteiger charge is -2.07. The number of hydrazone groups is 1. The minimum Gasteiger partial charge on any atom is -0.469 e. The standard InChI is InChI=1S/C18H13F3N2O3/c1-11-15(7-8-25-11)17(24)23-22-10-14-5-6-16(26-14)12-3-2-4-13(9-12)18(19,20)21/h2-10H,1H3,(H,23,24)/b22-10+. The molecule has 2 aromatic heterocycles. The van der Waals surface area contributed by atoms with E-state index in [9.17, 15) is 18.0 Å². The number of furan rings is 2. The van der Waals surface area contributed by atoms with Crippen LogP contribution in [0.2, 0.25) is 0 Å². The first-order chi connectivity index (χ1) is 12.3. The Morgan fingerprint density at radius 3 is 2.69 bits per heavy atom. The highest BCUT2D eigenvalue weighted by Gasteiger charge is 2.30. The van der Waals surface area contributed by atoms with Gasteiger partial charge in [-0.05, 0) is 37.3 Å². The molecule has 0 unspecified atom stereocenters. The van der Waals surface area contributed by atoms with Crippen molar-refractivity contribution in [1.82, 2.24) is 5.43 Å². The maximum absolute atomic E-state index is 12.8. The second-order valence-electron chi connectivity index (χ2n) is 5.37. The van der Waals surface area contributed by atoms with E-state index >= 15 is 0 Å². The molecule has 3 rings (SSSR count). The number of aryl methyl sites for hydroxylation is 1. The lowest BCUT2D eigenvalue weighted by molar-refractivity contribution is -0.137. The maximum Gasteiger partial charge on any atom is 0.416 e. The Bertz CT molecular complexity index is 954. The summed E-state index contributed by atoms with van der Waals surface area (Å²) in [5.41, 5.74) is 2.20. The highest BCUT2D eigenvalue weighted by Crippen LogP contribution is 2.32. The Kier molecular flexibility index (Phi) is 4.66. The van der Waals surface area contributed by atoms with Gasteiger partial charge in [-0.3, -0.25) is 4.79 Å². The van der Waals surface area contributed by atoms with Gasteiger partial charge in [0.15, 0.2) is 0 Å². The van der Waals surface area contributed by atoms with Gasteiger partial charge in [-0.2, -0.15) is 18.3 Å². The molecule has 1 amide bonds. The summed E-state index contributed by atoms with van der Waals surface area (Å²) in [5, 5.41) is 3.76. The van der Waals surface area contributed by atoms with Crippen LogP contribution in [0, 0.1) is 6.92 Å². The van der Waals surface area contributed by atoms with Gasteiger partial charge in [-0.25, -0.2) is 5.43 Å². The van der Waals surface area contributed by atoms with Gasteiger partial charge >= 0.3 is 6.18 Å². The van der Waals surface area contributed by atoms with Gasteiger partial charge in [0, 0.05) is 5.56 Å². The third kappa shape index (κ3) is 3.85. The van der Waals surface area contributed by atoms with Gasteiger partial charge < -0.3 is 8.83 Å². The Morgan fingerprint density at radius 1 is 1.19 bits per heavy atom. The Balaban J connectivity index is 1.70. The summed E-state index contributed by atoms with van der Waals surface area (Å²) in [6.45, 7) is 1.65. The number of halogens is 3. The number of carbonyl (C=O) groups is 1. The van der Waals surface area contributed by atoms with Crippen molar-refractivity contribution in [3.63, 3.8) is 0 Å². The SMILES string of the molecule is Cc1occc1C(=O)N/N=C/c1ccc(-c2cccc(C(F)(F)F)c2)o1. The van der Waals surface area contributed by atoms with Gasteiger partial charge in [0.05, 0.1) is 23.6 Å². The molecule has 0 radical (unpaired) electrons. The number of benzene rings is 1. The molecule has 0 spiro atoms. The molecule has 1 aromatic carbocycles. The Morgan fingerprint density at radius 2 is 2.00 bits per heavy atom. The Hall–Kier alpha value is -3.29. The first kappa shape index (κ1) is 17.5. The molecule has 0 aliphatic carbocycles. The molecule has 8 heteroatoms. The number of hydrogen-bond donors (Lipinski definition) is 1. The summed E-state index contributed by atoms with van der Waals surface area (Å²) < 4.78 is 48.8. The van der Waals surface area contributed by atoms with Crippen LogP contribution in [0.15, 0.2) is 62.7 Å². The monoisotopic (exact) mass is 362 g/mol. The lowest BCUT2D eigenvalue weighted by Crippen LogP contribution is -2.17. The van der Waals surface area contributed by atoms with Crippen molar-refractivity contribution in [2.24, 2.45) is 5.10 Å². The van der Waals surface area contributed by atoms with Crippen molar-refractivity contribution in [2.45, 2.75) is 13.1 Å². The molecule has 134 valence electrons. The van der Waals surface area contributed by atoms with Crippen LogP contribution in [0.4, 0.5) is 13.2 Å². The largest absolute Gasteiger partial charge is 0.469 e. The number of rotatable bonds is 4. The molecule has 0 saturated heterocycles. The van der Waals surface area contributed by atoms with E-state index < -0.39 is 17.6 Å². The molecule has 0 fully saturated rings. The van der Waals surface area contributed by atoms with E-state index in [-0.39, 0.29) is 17.1 Å². The normalized spacial score (nSPS) is 11.8. The van der Waals surface area contributed by atoms with Crippen molar-refractivity contribution in [1.29, 1.82) is 0 Å². The molecule has 3 aromatic rings. The first-order valence-corrected chi connectivity index (χ1v) is 7.49. The molecule has 0 saturated carbocycles. The van der Waals surface area contributed by atoms with Crippen LogP contribution in [0.25, 0.3) is 11.3 Å². The van der Waals surface area contributed by atoms with E-state index in [1.54, 1.807) is 6.92 Å². The lowest BCUT2D eigenvalue weighted by atomic mass is 10.1. The third-order valence-corrected chi connectivity index (χ3v) is 3.56. The molecule has 0 aliphatic heterocycles. The molecular weight excluding hydrogens is 349 g/mol. The van der Waals surface area contributed by atoms with E-state index in [1.165, 1.54) is 42.8 Å². The Labute approximate surface area is 146 Å². The van der Waals surface area contributed by atoms with Crippen molar-refractivity contribution in [2.75, 3.05) is 0 Å². The van der Waals surface area contributed by atoms with E-state index in [1.807, 2.05) is 0 Å². The number of hydrogen-bond acceptors (Lipinski definition) is 4. The second-order valence-corrected chi connectivity index (χ2v) is 5.37. The predicted octanol–water partition coefficient (Wildman–Crippen LogP) is 4.63. The van der Waals surface area contributed by atoms with Crippen molar-refractivity contribution in [3.05, 3.63) is 71.4 Å². The molecule has 2 heterocycles. The van der Waals surface area contributed by atoms with Crippen molar-refractivity contribution < 1.29 is 26.8 Å². The zero-order valence-electron chi connectivity index (χ0n) is 13.5. The van der Waals surface area contributed by atoms with Gasteiger partial charge in [0.1, 0.15) is 17.3 Å². The topological polar surface area (TPSA) is 67.7 Å². The fourth-order valence-electron chi connectivity index (χ4n) is 2.26. The zero-order chi connectivity index (χ0) is 18.7. The molecule has 5 nitrogen and oxygen atoms in total. The van der Waals surface area contributed by atoms with E-state index in [4.69, 9.17) is 8.83 Å². The van der Waals surface area contributed by atoms with E-state index in [0.29, 0.717) is 11.3 Å². The average molecular weight is 362 g/mol. The summed E-state index contributed by atoms with van der Waals surface area (Å²) in [4.78, 5) is 11.9. The second kappa shape index (κ2) is 6.91. The predicted molar refractivity (Wildman–Crippen MR) is 87.7 cm³/mol. The smallest absolute Gasteiger partial charge is 0.416 e. The summed E-state index contributed by atoms with van der Waals surface area (Å²) in [5.74, 6) is 0.552. The van der Waals surface area contributed by atoms with Gasteiger partial charge in [0.25, 0.3) is 5.91 Å². The maximum atomic E-state index is 12.8. The number of carbonyl (C=O) groups excluding carboxylic acids is 1. The van der Waals surface area contributed by atoms with Crippen LogP contribution in [0.1, 0.15) is 27.4 Å². The fraction of sp³-hybridized carbons (Fsp3) is 0.111. The van der Waals surface area contributed by atoms with Crippen LogP contribution in [-0.4, -0.2) is 12.1 Å². The van der Waals surface area contributed by atoms with Crippen molar-refractivity contribution in [3.8, 4) is 11.3 Å². The zero-order valence-corrected chi connectivity index (χ0v) is 13.5. The summed E-state index contributed by atoms with van der Waals surface area (Å²) in [6.07, 6.45) is -1.78. The van der Waals surface area contributed by atoms with Crippen LogP contribution < -0.4 is 5.43 Å². The molecule has 0 aliphatic rings. The summed E-state index contributed by atoms with van der Waals surface area (Å²) >= 11 is 0. The summed E-state index contributed by atoms with van der Waals surface area (Å²) in [7, 11) is 0. The van der Waals surface area contributed by atoms with Crippen LogP contribution in [0.3, 0.4) is 0 Å². The highest BCUT2D eigenvalue weighted by molar-refractivity contribution is 5.95. The molecule has 26 heavy (non-hydrogen) atoms. The quantitative estimate of drug-likeness (QED) is 0.543. The number of amides is 1. The minimum atomic E-state index is -4.43. The third-order valence-electron chi connectivity index (χ3n) is 3.56. The number of nitrogens with zero attached hydrogens (tertiary/aromatic N) is 1. The number of nitrogens with one attached hydrogen (secondary N) is 1. The average Bonchev–Trinajstić information content (AvgIpc) is 3.23. The minimum absolute atomic E-state index is 0.259. The van der Waals surface area contributed by atoms with Gasteiger partial charge in [-0.1, -0.05) is 12.1 Å². The molecule has 1 N–H and O–H groups in total. The number of alkyl halides is 3. The summed E-state index contributed by atoms with van der Waals surface area (Å²) in [6, 6.07) is 9.39. The van der Waals surface area contributed by atoms with Crippen LogP contribution >= 0.6 is 0 Å². The fourth-order valence-corrected chi connectivity index (χ4v) is 2.26.